The van der Waals surface area contributed by atoms with E-state index in [1.54, 1.807) is 0 Å². The topological polar surface area (TPSA) is 189 Å². The summed E-state index contributed by atoms with van der Waals surface area (Å²) in [7, 11) is 0. The Morgan fingerprint density at radius 3 is 1.21 bits per heavy atom. The highest BCUT2D eigenvalue weighted by molar-refractivity contribution is 5.80. The lowest BCUT2D eigenvalue weighted by atomic mass is 9.98. The van der Waals surface area contributed by atoms with Gasteiger partial charge < -0.3 is 50.5 Å². The maximum absolute atomic E-state index is 13.2. The first kappa shape index (κ1) is 72.3. The van der Waals surface area contributed by atoms with Crippen LogP contribution in [0.2, 0.25) is 0 Å². The molecule has 1 amide bonds. The fraction of sp³-hybridized carbons (Fsp3) is 0.892. The zero-order valence-electron chi connectivity index (χ0n) is 49.2. The maximum atomic E-state index is 13.2. The molecule has 9 unspecified atom stereocenters. The van der Waals surface area contributed by atoms with Gasteiger partial charge in [-0.2, -0.15) is 0 Å². The summed E-state index contributed by atoms with van der Waals surface area (Å²) < 4.78 is 11.2. The van der Waals surface area contributed by atoms with Crippen molar-refractivity contribution in [3.63, 3.8) is 0 Å². The van der Waals surface area contributed by atoms with Crippen LogP contribution in [0.15, 0.2) is 36.5 Å². The monoisotopic (exact) mass is 1080 g/mol. The Morgan fingerprint density at radius 2 is 0.816 bits per heavy atom. The summed E-state index contributed by atoms with van der Waals surface area (Å²) in [6.07, 6.45) is 56.4. The summed E-state index contributed by atoms with van der Waals surface area (Å²) in [6.45, 7) is 3.48. The van der Waals surface area contributed by atoms with Crippen LogP contribution in [-0.2, 0) is 14.3 Å². The molecule has 0 spiro atoms. The quantitative estimate of drug-likeness (QED) is 0.0215. The van der Waals surface area contributed by atoms with Crippen molar-refractivity contribution in [1.82, 2.24) is 5.32 Å². The molecule has 9 atom stereocenters. The SMILES string of the molecule is CCCCCCCCCCC/C=C\C/C=C\CCCCCCCCC(O)C(=O)NC(COC1OC(CO)C(O)C(O)C1O)C(O)C(O)CCC/C=C/CCCCCCCCCCCCCCCCCCCCCCCC. The highest BCUT2D eigenvalue weighted by Crippen LogP contribution is 2.24. The molecule has 1 aliphatic rings. The van der Waals surface area contributed by atoms with Gasteiger partial charge in [0.05, 0.1) is 25.4 Å². The van der Waals surface area contributed by atoms with Crippen LogP contribution >= 0.6 is 0 Å². The van der Waals surface area contributed by atoms with E-state index in [9.17, 15) is 40.5 Å². The number of allylic oxidation sites excluding steroid dienone is 6. The Hall–Kier alpha value is -1.67. The van der Waals surface area contributed by atoms with Crippen LogP contribution in [0.4, 0.5) is 0 Å². The van der Waals surface area contributed by atoms with Crippen molar-refractivity contribution >= 4 is 5.91 Å². The predicted octanol–water partition coefficient (Wildman–Crippen LogP) is 14.6. The van der Waals surface area contributed by atoms with Gasteiger partial charge in [0, 0.05) is 0 Å². The molecule has 1 heterocycles. The molecule has 1 aliphatic heterocycles. The van der Waals surface area contributed by atoms with Crippen molar-refractivity contribution in [2.24, 2.45) is 0 Å². The van der Waals surface area contributed by atoms with Crippen molar-refractivity contribution in [3.05, 3.63) is 36.5 Å². The second kappa shape index (κ2) is 53.9. The molecular weight excluding hydrogens is 955 g/mol. The number of nitrogens with one attached hydrogen (secondary N) is 1. The van der Waals surface area contributed by atoms with Gasteiger partial charge >= 0.3 is 0 Å². The second-order valence-electron chi connectivity index (χ2n) is 22.8. The van der Waals surface area contributed by atoms with E-state index in [-0.39, 0.29) is 12.8 Å². The minimum Gasteiger partial charge on any atom is -0.394 e. The van der Waals surface area contributed by atoms with E-state index in [1.165, 1.54) is 199 Å². The summed E-state index contributed by atoms with van der Waals surface area (Å²) in [5.41, 5.74) is 0. The molecule has 0 aromatic carbocycles. The third-order valence-electron chi connectivity index (χ3n) is 15.7. The van der Waals surface area contributed by atoms with Gasteiger partial charge in [0.1, 0.15) is 36.6 Å². The number of aliphatic hydroxyl groups is 7. The number of hydrogen-bond donors (Lipinski definition) is 8. The molecule has 0 aromatic rings. The highest BCUT2D eigenvalue weighted by atomic mass is 16.7. The molecule has 8 N–H and O–H groups in total. The standard InChI is InChI=1S/C65H123NO10/c1-3-5-7-9-11-13-15-17-19-21-23-25-27-28-29-30-31-33-34-36-38-40-42-44-46-48-50-52-57(68)60(70)56(55-75-65-63(73)62(72)61(71)59(54-67)76-65)66-64(74)58(69)53-51-49-47-45-43-41-39-37-35-32-26-24-22-20-18-16-14-12-10-8-6-4-2/h24,26,35,37,44,46,56-63,65,67-73H,3-23,25,27-34,36,38-43,45,47-55H2,1-2H3,(H,66,74)/b26-24-,37-35-,46-44+. The van der Waals surface area contributed by atoms with Gasteiger partial charge in [0.2, 0.25) is 5.91 Å². The van der Waals surface area contributed by atoms with E-state index in [4.69, 9.17) is 9.47 Å². The Labute approximate surface area is 467 Å². The number of hydrogen-bond acceptors (Lipinski definition) is 10. The average Bonchev–Trinajstić information content (AvgIpc) is 3.42. The van der Waals surface area contributed by atoms with Gasteiger partial charge in [-0.25, -0.2) is 0 Å². The van der Waals surface area contributed by atoms with E-state index in [0.717, 1.165) is 64.2 Å². The molecule has 0 saturated carbocycles. The minimum absolute atomic E-state index is 0.242. The number of ether oxygens (including phenoxy) is 2. The van der Waals surface area contributed by atoms with Crippen LogP contribution < -0.4 is 5.32 Å². The van der Waals surface area contributed by atoms with Crippen LogP contribution in [0.25, 0.3) is 0 Å². The average molecular weight is 1080 g/mol. The fourth-order valence-corrected chi connectivity index (χ4v) is 10.4. The molecular formula is C65H123NO10. The number of aliphatic hydroxyl groups excluding tert-OH is 7. The Bertz CT molecular complexity index is 1330. The van der Waals surface area contributed by atoms with Gasteiger partial charge in [-0.15, -0.1) is 0 Å². The van der Waals surface area contributed by atoms with Crippen LogP contribution in [0.3, 0.4) is 0 Å². The number of carbonyl (C=O) groups is 1. The molecule has 0 radical (unpaired) electrons. The maximum Gasteiger partial charge on any atom is 0.249 e. The van der Waals surface area contributed by atoms with E-state index in [2.05, 4.69) is 55.6 Å². The van der Waals surface area contributed by atoms with Crippen LogP contribution in [0.1, 0.15) is 303 Å². The third-order valence-corrected chi connectivity index (χ3v) is 15.7. The fourth-order valence-electron chi connectivity index (χ4n) is 10.4. The minimum atomic E-state index is -1.67. The van der Waals surface area contributed by atoms with Crippen LogP contribution in [0.5, 0.6) is 0 Å². The molecule has 1 saturated heterocycles. The van der Waals surface area contributed by atoms with Gasteiger partial charge in [0.25, 0.3) is 0 Å². The van der Waals surface area contributed by atoms with Gasteiger partial charge in [-0.3, -0.25) is 4.79 Å². The van der Waals surface area contributed by atoms with Crippen molar-refractivity contribution in [2.45, 2.75) is 358 Å². The lowest BCUT2D eigenvalue weighted by Crippen LogP contribution is -2.60. The molecule has 76 heavy (non-hydrogen) atoms. The predicted molar refractivity (Wildman–Crippen MR) is 316 cm³/mol. The van der Waals surface area contributed by atoms with E-state index >= 15 is 0 Å². The molecule has 11 heteroatoms. The van der Waals surface area contributed by atoms with Gasteiger partial charge in [-0.05, 0) is 70.6 Å². The molecule has 11 nitrogen and oxygen atoms in total. The molecule has 0 aliphatic carbocycles. The highest BCUT2D eigenvalue weighted by Gasteiger charge is 2.44. The van der Waals surface area contributed by atoms with E-state index in [0.29, 0.717) is 12.8 Å². The summed E-state index contributed by atoms with van der Waals surface area (Å²) in [6, 6.07) is -1.19. The summed E-state index contributed by atoms with van der Waals surface area (Å²) in [5.74, 6) is -0.711. The van der Waals surface area contributed by atoms with Gasteiger partial charge in [-0.1, -0.05) is 269 Å². The molecule has 448 valence electrons. The normalized spacial score (nSPS) is 19.8. The van der Waals surface area contributed by atoms with Crippen molar-refractivity contribution in [2.75, 3.05) is 13.2 Å². The van der Waals surface area contributed by atoms with E-state index in [1.807, 2.05) is 0 Å². The first-order valence-electron chi connectivity index (χ1n) is 32.4. The zero-order valence-corrected chi connectivity index (χ0v) is 49.2. The van der Waals surface area contributed by atoms with Crippen molar-refractivity contribution in [3.8, 4) is 0 Å². The Kier molecular flexibility index (Phi) is 51.3. The summed E-state index contributed by atoms with van der Waals surface area (Å²) >= 11 is 0. The largest absolute Gasteiger partial charge is 0.394 e. The Balaban J connectivity index is 2.28. The summed E-state index contributed by atoms with van der Waals surface area (Å²) in [4.78, 5) is 13.2. The van der Waals surface area contributed by atoms with E-state index < -0.39 is 74.2 Å². The number of unbranched alkanes of at least 4 members (excludes halogenated alkanes) is 38. The first-order chi connectivity index (χ1) is 37.2. The van der Waals surface area contributed by atoms with Crippen LogP contribution in [0, 0.1) is 0 Å². The smallest absolute Gasteiger partial charge is 0.249 e. The molecule has 0 bridgehead atoms. The number of amides is 1. The summed E-state index contributed by atoms with van der Waals surface area (Å²) in [5, 5.41) is 76.3. The number of rotatable bonds is 56. The van der Waals surface area contributed by atoms with Crippen molar-refractivity contribution in [1.29, 1.82) is 0 Å². The lowest BCUT2D eigenvalue weighted by Gasteiger charge is -2.40. The first-order valence-corrected chi connectivity index (χ1v) is 32.4. The Morgan fingerprint density at radius 1 is 0.461 bits per heavy atom. The lowest BCUT2D eigenvalue weighted by molar-refractivity contribution is -0.303. The van der Waals surface area contributed by atoms with Crippen LogP contribution in [-0.4, -0.2) is 110 Å². The molecule has 1 rings (SSSR count). The molecule has 1 fully saturated rings. The third kappa shape index (κ3) is 41.4. The zero-order chi connectivity index (χ0) is 55.4. The second-order valence-corrected chi connectivity index (χ2v) is 22.8. The van der Waals surface area contributed by atoms with Crippen molar-refractivity contribution < 1.29 is 50.0 Å². The molecule has 0 aromatic heterocycles. The number of carbonyl (C=O) groups excluding carboxylic acids is 1. The van der Waals surface area contributed by atoms with Gasteiger partial charge in [0.15, 0.2) is 6.29 Å².